The van der Waals surface area contributed by atoms with Gasteiger partial charge in [-0.05, 0) is 56.5 Å². The maximum atomic E-state index is 13.2. The molecule has 1 aromatic rings. The van der Waals surface area contributed by atoms with Crippen LogP contribution >= 0.6 is 0 Å². The predicted molar refractivity (Wildman–Crippen MR) is 75.9 cm³/mol. The number of hydrogen-bond acceptors (Lipinski definition) is 2. The van der Waals surface area contributed by atoms with Gasteiger partial charge in [-0.1, -0.05) is 6.07 Å². The Morgan fingerprint density at radius 3 is 2.27 bits per heavy atom. The molecule has 1 aromatic carbocycles. The number of nitrogens with zero attached hydrogens (tertiary/aromatic N) is 1. The van der Waals surface area contributed by atoms with Gasteiger partial charge in [-0.2, -0.15) is 13.2 Å². The van der Waals surface area contributed by atoms with Crippen molar-refractivity contribution in [2.24, 2.45) is 0 Å². The zero-order chi connectivity index (χ0) is 15.7. The van der Waals surface area contributed by atoms with Gasteiger partial charge in [0, 0.05) is 18.6 Å². The summed E-state index contributed by atoms with van der Waals surface area (Å²) in [6, 6.07) is 3.73. The monoisotopic (exact) mass is 316 g/mol. The van der Waals surface area contributed by atoms with E-state index < -0.39 is 17.6 Å². The van der Waals surface area contributed by atoms with Gasteiger partial charge in [-0.25, -0.2) is 4.39 Å². The highest BCUT2D eigenvalue weighted by molar-refractivity contribution is 5.30. The van der Waals surface area contributed by atoms with Crippen molar-refractivity contribution in [1.82, 2.24) is 10.2 Å². The SMILES string of the molecule is Fc1ccc(CN(C2CCNCC2)C2CC2)c(C(F)(F)F)c1. The quantitative estimate of drug-likeness (QED) is 0.855. The van der Waals surface area contributed by atoms with E-state index in [0.29, 0.717) is 18.2 Å². The van der Waals surface area contributed by atoms with Crippen molar-refractivity contribution < 1.29 is 17.6 Å². The molecule has 0 atom stereocenters. The molecule has 22 heavy (non-hydrogen) atoms. The van der Waals surface area contributed by atoms with Crippen LogP contribution in [-0.4, -0.2) is 30.1 Å². The van der Waals surface area contributed by atoms with Crippen LogP contribution in [0.4, 0.5) is 17.6 Å². The summed E-state index contributed by atoms with van der Waals surface area (Å²) < 4.78 is 52.6. The van der Waals surface area contributed by atoms with Gasteiger partial charge < -0.3 is 5.32 Å². The van der Waals surface area contributed by atoms with E-state index in [1.54, 1.807) is 0 Å². The fraction of sp³-hybridized carbons (Fsp3) is 0.625. The second-order valence-electron chi connectivity index (χ2n) is 6.18. The smallest absolute Gasteiger partial charge is 0.317 e. The highest BCUT2D eigenvalue weighted by atomic mass is 19.4. The second kappa shape index (κ2) is 6.16. The minimum atomic E-state index is -4.51. The third-order valence-corrected chi connectivity index (χ3v) is 4.52. The summed E-state index contributed by atoms with van der Waals surface area (Å²) in [7, 11) is 0. The van der Waals surface area contributed by atoms with E-state index in [9.17, 15) is 17.6 Å². The Balaban J connectivity index is 1.83. The van der Waals surface area contributed by atoms with Crippen molar-refractivity contribution in [2.45, 2.75) is 50.5 Å². The van der Waals surface area contributed by atoms with E-state index >= 15 is 0 Å². The number of rotatable bonds is 4. The van der Waals surface area contributed by atoms with Gasteiger partial charge in [0.05, 0.1) is 5.56 Å². The summed E-state index contributed by atoms with van der Waals surface area (Å²) in [5.41, 5.74) is -0.661. The maximum absolute atomic E-state index is 13.2. The standard InChI is InChI=1S/C16H20F4N2/c17-12-2-1-11(15(9-12)16(18,19)20)10-22(13-3-4-13)14-5-7-21-8-6-14/h1-2,9,13-14,21H,3-8,10H2. The van der Waals surface area contributed by atoms with Gasteiger partial charge in [0.25, 0.3) is 0 Å². The molecule has 1 N–H and O–H groups in total. The van der Waals surface area contributed by atoms with E-state index in [-0.39, 0.29) is 12.1 Å². The zero-order valence-corrected chi connectivity index (χ0v) is 12.3. The molecular weight excluding hydrogens is 296 g/mol. The summed E-state index contributed by atoms with van der Waals surface area (Å²) in [5, 5.41) is 3.28. The maximum Gasteiger partial charge on any atom is 0.416 e. The van der Waals surface area contributed by atoms with Crippen molar-refractivity contribution in [1.29, 1.82) is 0 Å². The number of hydrogen-bond donors (Lipinski definition) is 1. The topological polar surface area (TPSA) is 15.3 Å². The van der Waals surface area contributed by atoms with Crippen LogP contribution in [0, 0.1) is 5.82 Å². The lowest BCUT2D eigenvalue weighted by molar-refractivity contribution is -0.138. The molecule has 6 heteroatoms. The summed E-state index contributed by atoms with van der Waals surface area (Å²) in [6.45, 7) is 2.07. The van der Waals surface area contributed by atoms with Gasteiger partial charge in [0.2, 0.25) is 0 Å². The van der Waals surface area contributed by atoms with Gasteiger partial charge in [0.1, 0.15) is 5.82 Å². The van der Waals surface area contributed by atoms with E-state index in [1.165, 1.54) is 6.07 Å². The Kier molecular flexibility index (Phi) is 4.41. The van der Waals surface area contributed by atoms with Crippen LogP contribution < -0.4 is 5.32 Å². The Hall–Kier alpha value is -1.14. The molecular formula is C16H20F4N2. The van der Waals surface area contributed by atoms with Gasteiger partial charge in [0.15, 0.2) is 0 Å². The lowest BCUT2D eigenvalue weighted by atomic mass is 10.0. The molecule has 1 saturated carbocycles. The molecule has 0 unspecified atom stereocenters. The fourth-order valence-electron chi connectivity index (χ4n) is 3.25. The molecule has 1 saturated heterocycles. The van der Waals surface area contributed by atoms with Crippen LogP contribution in [0.2, 0.25) is 0 Å². The summed E-state index contributed by atoms with van der Waals surface area (Å²) in [5.74, 6) is -0.837. The van der Waals surface area contributed by atoms with Crippen molar-refractivity contribution in [3.05, 3.63) is 35.1 Å². The van der Waals surface area contributed by atoms with Crippen LogP contribution in [0.1, 0.15) is 36.8 Å². The normalized spacial score (nSPS) is 20.6. The van der Waals surface area contributed by atoms with E-state index in [1.807, 2.05) is 0 Å². The van der Waals surface area contributed by atoms with E-state index in [0.717, 1.165) is 44.8 Å². The van der Waals surface area contributed by atoms with Gasteiger partial charge >= 0.3 is 6.18 Å². The minimum absolute atomic E-state index is 0.180. The summed E-state index contributed by atoms with van der Waals surface area (Å²) in [6.07, 6.45) is -0.502. The lowest BCUT2D eigenvalue weighted by Gasteiger charge is -2.35. The van der Waals surface area contributed by atoms with Crippen molar-refractivity contribution in [3.63, 3.8) is 0 Å². The number of piperidine rings is 1. The van der Waals surface area contributed by atoms with E-state index in [4.69, 9.17) is 0 Å². The third-order valence-electron chi connectivity index (χ3n) is 4.52. The van der Waals surface area contributed by atoms with Gasteiger partial charge in [-0.3, -0.25) is 4.90 Å². The van der Waals surface area contributed by atoms with Crippen LogP contribution in [0.25, 0.3) is 0 Å². The molecule has 2 nitrogen and oxygen atoms in total. The molecule has 0 aromatic heterocycles. The summed E-state index contributed by atoms with van der Waals surface area (Å²) >= 11 is 0. The Labute approximate surface area is 127 Å². The van der Waals surface area contributed by atoms with Crippen molar-refractivity contribution in [3.8, 4) is 0 Å². The van der Waals surface area contributed by atoms with Crippen LogP contribution in [0.3, 0.4) is 0 Å². The minimum Gasteiger partial charge on any atom is -0.317 e. The van der Waals surface area contributed by atoms with E-state index in [2.05, 4.69) is 10.2 Å². The number of alkyl halides is 3. The Morgan fingerprint density at radius 1 is 1.05 bits per heavy atom. The zero-order valence-electron chi connectivity index (χ0n) is 12.3. The van der Waals surface area contributed by atoms with Crippen molar-refractivity contribution >= 4 is 0 Å². The van der Waals surface area contributed by atoms with Crippen molar-refractivity contribution in [2.75, 3.05) is 13.1 Å². The molecule has 2 aliphatic rings. The number of benzene rings is 1. The average molecular weight is 316 g/mol. The number of nitrogens with one attached hydrogen (secondary N) is 1. The predicted octanol–water partition coefficient (Wildman–Crippen LogP) is 3.56. The molecule has 1 aliphatic heterocycles. The van der Waals surface area contributed by atoms with Gasteiger partial charge in [-0.15, -0.1) is 0 Å². The molecule has 2 fully saturated rings. The molecule has 0 radical (unpaired) electrons. The molecule has 0 amide bonds. The first-order valence-corrected chi connectivity index (χ1v) is 7.77. The number of halogens is 4. The molecule has 3 rings (SSSR count). The Morgan fingerprint density at radius 2 is 1.68 bits per heavy atom. The second-order valence-corrected chi connectivity index (χ2v) is 6.18. The van der Waals surface area contributed by atoms with Crippen LogP contribution in [-0.2, 0) is 12.7 Å². The van der Waals surface area contributed by atoms with Crippen LogP contribution in [0.15, 0.2) is 18.2 Å². The highest BCUT2D eigenvalue weighted by Crippen LogP contribution is 2.37. The highest BCUT2D eigenvalue weighted by Gasteiger charge is 2.38. The van der Waals surface area contributed by atoms with Crippen LogP contribution in [0.5, 0.6) is 0 Å². The summed E-state index contributed by atoms with van der Waals surface area (Å²) in [4.78, 5) is 2.20. The first-order valence-electron chi connectivity index (χ1n) is 7.77. The first kappa shape index (κ1) is 15.7. The molecule has 122 valence electrons. The fourth-order valence-corrected chi connectivity index (χ4v) is 3.25. The average Bonchev–Trinajstić information content (AvgIpc) is 3.30. The Bertz CT molecular complexity index is 519. The lowest BCUT2D eigenvalue weighted by Crippen LogP contribution is -2.44. The molecule has 0 bridgehead atoms. The largest absolute Gasteiger partial charge is 0.416 e. The molecule has 1 heterocycles. The molecule has 0 spiro atoms. The third kappa shape index (κ3) is 3.60. The molecule has 1 aliphatic carbocycles. The first-order chi connectivity index (χ1) is 10.4.